The van der Waals surface area contributed by atoms with Crippen LogP contribution in [0.1, 0.15) is 46.3 Å². The summed E-state index contributed by atoms with van der Waals surface area (Å²) in [6.07, 6.45) is -3.08. The number of amides is 1. The second kappa shape index (κ2) is 9.41. The normalized spacial score (nSPS) is 21.9. The molecule has 0 aromatic heterocycles. The number of aryl methyl sites for hydroxylation is 1. The van der Waals surface area contributed by atoms with Gasteiger partial charge in [0.15, 0.2) is 0 Å². The smallest absolute Gasteiger partial charge is 0.348 e. The van der Waals surface area contributed by atoms with Gasteiger partial charge in [0.2, 0.25) is 0 Å². The molecule has 0 spiro atoms. The van der Waals surface area contributed by atoms with E-state index in [1.807, 2.05) is 31.2 Å². The molecule has 1 fully saturated rings. The van der Waals surface area contributed by atoms with Gasteiger partial charge in [0, 0.05) is 6.04 Å². The zero-order valence-corrected chi connectivity index (χ0v) is 18.8. The van der Waals surface area contributed by atoms with E-state index >= 15 is 0 Å². The van der Waals surface area contributed by atoms with Gasteiger partial charge in [0.1, 0.15) is 5.25 Å². The molecule has 2 aromatic rings. The lowest BCUT2D eigenvalue weighted by molar-refractivity contribution is -0.137. The zero-order chi connectivity index (χ0) is 23.7. The highest BCUT2D eigenvalue weighted by Gasteiger charge is 2.40. The molecule has 0 aliphatic heterocycles. The molecule has 2 N–H and O–H groups in total. The van der Waals surface area contributed by atoms with Gasteiger partial charge in [-0.05, 0) is 67.9 Å². The van der Waals surface area contributed by atoms with E-state index in [0.29, 0.717) is 18.9 Å². The van der Waals surface area contributed by atoms with E-state index in [4.69, 9.17) is 11.6 Å². The molecule has 10 heteroatoms. The van der Waals surface area contributed by atoms with E-state index in [0.717, 1.165) is 23.3 Å². The SMILES string of the molecule is Cc1ccccc1CC1CCC(NC(=O)c2cc(C(F)(F)F)ccc2Cl)C(S(=O)(=O)O)C1. The fourth-order valence-corrected chi connectivity index (χ4v) is 5.50. The molecule has 2 aromatic carbocycles. The lowest BCUT2D eigenvalue weighted by Gasteiger charge is -2.35. The second-order valence-electron chi connectivity index (χ2n) is 8.14. The number of nitrogens with one attached hydrogen (secondary N) is 1. The highest BCUT2D eigenvalue weighted by Crippen LogP contribution is 2.34. The van der Waals surface area contributed by atoms with Crippen molar-refractivity contribution < 1.29 is 30.9 Å². The third-order valence-corrected chi connectivity index (χ3v) is 7.52. The predicted octanol–water partition coefficient (Wildman–Crippen LogP) is 5.06. The fourth-order valence-electron chi connectivity index (χ4n) is 4.16. The molecule has 1 amide bonds. The van der Waals surface area contributed by atoms with Crippen LogP contribution in [0, 0.1) is 12.8 Å². The topological polar surface area (TPSA) is 83.5 Å². The standard InChI is InChI=1S/C22H23ClF3NO4S/c1-13-4-2-3-5-15(13)10-14-6-9-19(20(11-14)32(29,30)31)27-21(28)17-12-16(22(24,25)26)7-8-18(17)23/h2-5,7-8,12,14,19-20H,6,9-11H2,1H3,(H,27,28)(H,29,30,31). The van der Waals surface area contributed by atoms with Crippen LogP contribution in [-0.4, -0.2) is 30.2 Å². The third kappa shape index (κ3) is 5.82. The van der Waals surface area contributed by atoms with Gasteiger partial charge in [0.05, 0.1) is 16.1 Å². The molecule has 1 aliphatic rings. The maximum Gasteiger partial charge on any atom is 0.416 e. The van der Waals surface area contributed by atoms with Gasteiger partial charge in [-0.2, -0.15) is 21.6 Å². The van der Waals surface area contributed by atoms with Crippen LogP contribution < -0.4 is 5.32 Å². The summed E-state index contributed by atoms with van der Waals surface area (Å²) in [4.78, 5) is 12.7. The Bertz CT molecular complexity index is 1100. The molecule has 0 bridgehead atoms. The van der Waals surface area contributed by atoms with E-state index in [1.54, 1.807) is 0 Å². The number of hydrogen-bond donors (Lipinski definition) is 2. The van der Waals surface area contributed by atoms with Gasteiger partial charge in [-0.15, -0.1) is 0 Å². The molecule has 0 saturated heterocycles. The Labute approximate surface area is 189 Å². The minimum absolute atomic E-state index is 0.0340. The largest absolute Gasteiger partial charge is 0.416 e. The lowest BCUT2D eigenvalue weighted by Crippen LogP contribution is -2.50. The van der Waals surface area contributed by atoms with Crippen molar-refractivity contribution in [1.82, 2.24) is 5.32 Å². The second-order valence-corrected chi connectivity index (χ2v) is 10.2. The Morgan fingerprint density at radius 2 is 1.88 bits per heavy atom. The van der Waals surface area contributed by atoms with Crippen molar-refractivity contribution in [2.75, 3.05) is 0 Å². The number of benzene rings is 2. The quantitative estimate of drug-likeness (QED) is 0.575. The molecule has 32 heavy (non-hydrogen) atoms. The molecule has 3 atom stereocenters. The van der Waals surface area contributed by atoms with Crippen LogP contribution in [0.5, 0.6) is 0 Å². The first-order chi connectivity index (χ1) is 14.9. The van der Waals surface area contributed by atoms with Gasteiger partial charge in [-0.3, -0.25) is 9.35 Å². The first kappa shape index (κ1) is 24.5. The maximum atomic E-state index is 13.0. The Hall–Kier alpha value is -2.10. The molecular weight excluding hydrogens is 467 g/mol. The van der Waals surface area contributed by atoms with Gasteiger partial charge in [-0.1, -0.05) is 35.9 Å². The highest BCUT2D eigenvalue weighted by molar-refractivity contribution is 7.86. The van der Waals surface area contributed by atoms with E-state index in [2.05, 4.69) is 5.32 Å². The van der Waals surface area contributed by atoms with Crippen LogP contribution in [0.4, 0.5) is 13.2 Å². The summed E-state index contributed by atoms with van der Waals surface area (Å²) in [7, 11) is -4.51. The Balaban J connectivity index is 1.78. The molecule has 1 saturated carbocycles. The average molecular weight is 490 g/mol. The number of hydrogen-bond acceptors (Lipinski definition) is 3. The van der Waals surface area contributed by atoms with Gasteiger partial charge >= 0.3 is 6.18 Å². The molecule has 5 nitrogen and oxygen atoms in total. The molecule has 3 unspecified atom stereocenters. The Kier molecular flexibility index (Phi) is 7.21. The van der Waals surface area contributed by atoms with E-state index < -0.39 is 44.6 Å². The first-order valence-corrected chi connectivity index (χ1v) is 11.9. The van der Waals surface area contributed by atoms with Crippen molar-refractivity contribution in [1.29, 1.82) is 0 Å². The van der Waals surface area contributed by atoms with E-state index in [-0.39, 0.29) is 23.8 Å². The minimum atomic E-state index is -4.66. The Morgan fingerprint density at radius 3 is 2.50 bits per heavy atom. The van der Waals surface area contributed by atoms with Crippen LogP contribution in [0.2, 0.25) is 5.02 Å². The lowest BCUT2D eigenvalue weighted by atomic mass is 9.81. The number of carbonyl (C=O) groups excluding carboxylic acids is 1. The summed E-state index contributed by atoms with van der Waals surface area (Å²) in [6.45, 7) is 1.96. The van der Waals surface area contributed by atoms with Crippen LogP contribution in [0.15, 0.2) is 42.5 Å². The molecule has 3 rings (SSSR count). The monoisotopic (exact) mass is 489 g/mol. The summed E-state index contributed by atoms with van der Waals surface area (Å²) in [5.41, 5.74) is 0.702. The highest BCUT2D eigenvalue weighted by atomic mass is 35.5. The van der Waals surface area contributed by atoms with Gasteiger partial charge in [-0.25, -0.2) is 0 Å². The van der Waals surface area contributed by atoms with Crippen molar-refractivity contribution in [3.05, 3.63) is 69.7 Å². The summed E-state index contributed by atoms with van der Waals surface area (Å²) in [5.74, 6) is -0.953. The molecule has 174 valence electrons. The summed E-state index contributed by atoms with van der Waals surface area (Å²) in [6, 6.07) is 9.13. The molecule has 0 heterocycles. The fraction of sp³-hybridized carbons (Fsp3) is 0.409. The first-order valence-electron chi connectivity index (χ1n) is 10.0. The molecule has 1 aliphatic carbocycles. The summed E-state index contributed by atoms with van der Waals surface area (Å²) < 4.78 is 72.9. The van der Waals surface area contributed by atoms with Crippen molar-refractivity contribution >= 4 is 27.6 Å². The summed E-state index contributed by atoms with van der Waals surface area (Å²) >= 11 is 5.92. The van der Waals surface area contributed by atoms with E-state index in [1.165, 1.54) is 0 Å². The number of carbonyl (C=O) groups is 1. The Morgan fingerprint density at radius 1 is 1.19 bits per heavy atom. The van der Waals surface area contributed by atoms with Crippen LogP contribution >= 0.6 is 11.6 Å². The average Bonchev–Trinajstić information content (AvgIpc) is 2.69. The number of rotatable bonds is 5. The third-order valence-electron chi connectivity index (χ3n) is 5.91. The van der Waals surface area contributed by atoms with Gasteiger partial charge < -0.3 is 5.32 Å². The molecule has 0 radical (unpaired) electrons. The summed E-state index contributed by atoms with van der Waals surface area (Å²) in [5, 5.41) is 1.02. The van der Waals surface area contributed by atoms with E-state index in [9.17, 15) is 30.9 Å². The van der Waals surface area contributed by atoms with Crippen molar-refractivity contribution in [3.63, 3.8) is 0 Å². The maximum absolute atomic E-state index is 13.0. The number of halogens is 4. The van der Waals surface area contributed by atoms with Crippen LogP contribution in [-0.2, 0) is 22.7 Å². The van der Waals surface area contributed by atoms with Crippen LogP contribution in [0.3, 0.4) is 0 Å². The predicted molar refractivity (Wildman–Crippen MR) is 115 cm³/mol. The van der Waals surface area contributed by atoms with Crippen LogP contribution in [0.25, 0.3) is 0 Å². The minimum Gasteiger partial charge on any atom is -0.348 e. The molecular formula is C22H23ClF3NO4S. The number of alkyl halides is 3. The van der Waals surface area contributed by atoms with Gasteiger partial charge in [0.25, 0.3) is 16.0 Å². The zero-order valence-electron chi connectivity index (χ0n) is 17.2. The van der Waals surface area contributed by atoms with Crippen molar-refractivity contribution in [3.8, 4) is 0 Å². The van der Waals surface area contributed by atoms with Crippen molar-refractivity contribution in [2.24, 2.45) is 5.92 Å². The van der Waals surface area contributed by atoms with Crippen molar-refractivity contribution in [2.45, 2.75) is 50.1 Å².